The number of sulfonamides is 1. The van der Waals surface area contributed by atoms with Crippen molar-refractivity contribution in [2.75, 3.05) is 25.4 Å². The molecule has 1 aliphatic heterocycles. The number of aromatic nitrogens is 2. The van der Waals surface area contributed by atoms with Gasteiger partial charge in [0, 0.05) is 20.0 Å². The lowest BCUT2D eigenvalue weighted by atomic mass is 10.1. The van der Waals surface area contributed by atoms with Gasteiger partial charge in [0.15, 0.2) is 0 Å². The van der Waals surface area contributed by atoms with Gasteiger partial charge in [0.1, 0.15) is 6.10 Å². The van der Waals surface area contributed by atoms with E-state index in [0.29, 0.717) is 24.9 Å². The van der Waals surface area contributed by atoms with Crippen LogP contribution in [-0.4, -0.2) is 48.4 Å². The topological polar surface area (TPSA) is 85.5 Å². The molecule has 1 aromatic heterocycles. The molecule has 0 aromatic carbocycles. The van der Waals surface area contributed by atoms with Crippen molar-refractivity contribution in [3.05, 3.63) is 11.8 Å². The molecule has 2 rings (SSSR count). The number of hydrogen-bond donors (Lipinski definition) is 0. The van der Waals surface area contributed by atoms with Crippen molar-refractivity contribution in [2.24, 2.45) is 5.92 Å². The first-order valence-corrected chi connectivity index (χ1v) is 8.92. The Morgan fingerprint density at radius 3 is 2.81 bits per heavy atom. The van der Waals surface area contributed by atoms with E-state index in [1.165, 1.54) is 4.31 Å². The van der Waals surface area contributed by atoms with Gasteiger partial charge >= 0.3 is 0 Å². The molecule has 0 spiro atoms. The lowest BCUT2D eigenvalue weighted by Gasteiger charge is -2.31. The lowest BCUT2D eigenvalue weighted by Crippen LogP contribution is -2.44. The van der Waals surface area contributed by atoms with E-state index >= 15 is 0 Å². The minimum absolute atomic E-state index is 0.159. The summed E-state index contributed by atoms with van der Waals surface area (Å²) < 4.78 is 37.3. The van der Waals surface area contributed by atoms with Crippen LogP contribution in [-0.2, 0) is 14.8 Å². The fourth-order valence-electron chi connectivity index (χ4n) is 2.51. The van der Waals surface area contributed by atoms with Gasteiger partial charge in [-0.05, 0) is 12.3 Å². The molecule has 1 saturated heterocycles. The average molecular weight is 317 g/mol. The van der Waals surface area contributed by atoms with Crippen molar-refractivity contribution in [3.8, 4) is 0 Å². The zero-order valence-corrected chi connectivity index (χ0v) is 13.6. The molecule has 0 N–H and O–H groups in total. The average Bonchev–Trinajstić information content (AvgIpc) is 2.85. The van der Waals surface area contributed by atoms with Gasteiger partial charge in [0.05, 0.1) is 12.4 Å². The summed E-state index contributed by atoms with van der Waals surface area (Å²) in [5, 5.41) is 7.67. The van der Waals surface area contributed by atoms with Crippen molar-refractivity contribution < 1.29 is 17.6 Å². The summed E-state index contributed by atoms with van der Waals surface area (Å²) in [5.41, 5.74) is 0. The first-order chi connectivity index (χ1) is 9.92. The van der Waals surface area contributed by atoms with Crippen LogP contribution in [0.1, 0.15) is 44.6 Å². The standard InChI is InChI=1S/C13H23N3O4S/c1-4-5-10(2)9-21(17,18)16-6-7-19-12(8-16)13-15-14-11(3)20-13/h10,12H,4-9H2,1-3H3/t10-,12+/m0/s1. The molecule has 1 aromatic rings. The summed E-state index contributed by atoms with van der Waals surface area (Å²) in [5.74, 6) is 1.13. The Morgan fingerprint density at radius 2 is 2.19 bits per heavy atom. The summed E-state index contributed by atoms with van der Waals surface area (Å²) >= 11 is 0. The Balaban J connectivity index is 2.03. The van der Waals surface area contributed by atoms with Crippen LogP contribution >= 0.6 is 0 Å². The molecule has 0 bridgehead atoms. The van der Waals surface area contributed by atoms with Crippen LogP contribution in [0.2, 0.25) is 0 Å². The Bertz CT molecular complexity index is 558. The van der Waals surface area contributed by atoms with E-state index in [0.717, 1.165) is 12.8 Å². The second-order valence-corrected chi connectivity index (χ2v) is 7.56. The number of morpholine rings is 1. The third-order valence-electron chi connectivity index (χ3n) is 3.52. The van der Waals surface area contributed by atoms with Gasteiger partial charge in [0.2, 0.25) is 21.8 Å². The maximum atomic E-state index is 12.5. The zero-order valence-electron chi connectivity index (χ0n) is 12.8. The molecule has 0 radical (unpaired) electrons. The normalized spacial score (nSPS) is 22.3. The number of ether oxygens (including phenoxy) is 1. The molecule has 0 unspecified atom stereocenters. The highest BCUT2D eigenvalue weighted by atomic mass is 32.2. The number of aryl methyl sites for hydroxylation is 1. The molecule has 120 valence electrons. The minimum Gasteiger partial charge on any atom is -0.423 e. The fourth-order valence-corrected chi connectivity index (χ4v) is 4.32. The van der Waals surface area contributed by atoms with Crippen molar-refractivity contribution in [1.82, 2.24) is 14.5 Å². The molecular weight excluding hydrogens is 294 g/mol. The summed E-state index contributed by atoms with van der Waals surface area (Å²) in [6.45, 7) is 6.69. The predicted molar refractivity (Wildman–Crippen MR) is 77.2 cm³/mol. The Labute approximate surface area is 125 Å². The maximum Gasteiger partial charge on any atom is 0.246 e. The largest absolute Gasteiger partial charge is 0.423 e. The number of rotatable bonds is 6. The van der Waals surface area contributed by atoms with Gasteiger partial charge in [-0.3, -0.25) is 0 Å². The second-order valence-electron chi connectivity index (χ2n) is 5.55. The summed E-state index contributed by atoms with van der Waals surface area (Å²) in [6.07, 6.45) is 1.43. The molecule has 1 aliphatic rings. The Kier molecular flexibility index (Phi) is 5.34. The Hall–Kier alpha value is -0.990. The van der Waals surface area contributed by atoms with E-state index in [2.05, 4.69) is 17.1 Å². The predicted octanol–water partition coefficient (Wildman–Crippen LogP) is 1.52. The summed E-state index contributed by atoms with van der Waals surface area (Å²) in [7, 11) is -3.28. The molecular formula is C13H23N3O4S. The van der Waals surface area contributed by atoms with Crippen molar-refractivity contribution in [1.29, 1.82) is 0 Å². The highest BCUT2D eigenvalue weighted by Crippen LogP contribution is 2.24. The van der Waals surface area contributed by atoms with E-state index in [-0.39, 0.29) is 18.2 Å². The van der Waals surface area contributed by atoms with Crippen LogP contribution < -0.4 is 0 Å². The van der Waals surface area contributed by atoms with Crippen molar-refractivity contribution >= 4 is 10.0 Å². The van der Waals surface area contributed by atoms with E-state index in [1.54, 1.807) is 6.92 Å². The van der Waals surface area contributed by atoms with Gasteiger partial charge in [-0.2, -0.15) is 4.31 Å². The molecule has 1 fully saturated rings. The van der Waals surface area contributed by atoms with Gasteiger partial charge < -0.3 is 9.15 Å². The highest BCUT2D eigenvalue weighted by molar-refractivity contribution is 7.89. The Morgan fingerprint density at radius 1 is 1.43 bits per heavy atom. The maximum absolute atomic E-state index is 12.5. The van der Waals surface area contributed by atoms with Crippen LogP contribution in [0.4, 0.5) is 0 Å². The second kappa shape index (κ2) is 6.85. The van der Waals surface area contributed by atoms with Crippen molar-refractivity contribution in [2.45, 2.75) is 39.7 Å². The highest BCUT2D eigenvalue weighted by Gasteiger charge is 2.33. The molecule has 2 heterocycles. The van der Waals surface area contributed by atoms with Crippen LogP contribution in [0.5, 0.6) is 0 Å². The molecule has 0 aliphatic carbocycles. The third kappa shape index (κ3) is 4.24. The van der Waals surface area contributed by atoms with Crippen LogP contribution in [0.25, 0.3) is 0 Å². The smallest absolute Gasteiger partial charge is 0.246 e. The van der Waals surface area contributed by atoms with E-state index in [9.17, 15) is 8.42 Å². The van der Waals surface area contributed by atoms with Crippen LogP contribution in [0, 0.1) is 12.8 Å². The quantitative estimate of drug-likeness (QED) is 0.790. The van der Waals surface area contributed by atoms with E-state index in [1.807, 2.05) is 6.92 Å². The first-order valence-electron chi connectivity index (χ1n) is 7.31. The molecule has 21 heavy (non-hydrogen) atoms. The number of nitrogens with zero attached hydrogens (tertiary/aromatic N) is 3. The SMILES string of the molecule is CCC[C@H](C)CS(=O)(=O)N1CCO[C@@H](c2nnc(C)o2)C1. The summed E-state index contributed by atoms with van der Waals surface area (Å²) in [6, 6.07) is 0. The van der Waals surface area contributed by atoms with E-state index in [4.69, 9.17) is 9.15 Å². The van der Waals surface area contributed by atoms with Crippen LogP contribution in [0.3, 0.4) is 0 Å². The van der Waals surface area contributed by atoms with Crippen molar-refractivity contribution in [3.63, 3.8) is 0 Å². The molecule has 8 heteroatoms. The fraction of sp³-hybridized carbons (Fsp3) is 0.846. The summed E-state index contributed by atoms with van der Waals surface area (Å²) in [4.78, 5) is 0. The molecule has 0 amide bonds. The van der Waals surface area contributed by atoms with Gasteiger partial charge in [-0.25, -0.2) is 8.42 Å². The van der Waals surface area contributed by atoms with E-state index < -0.39 is 16.1 Å². The first kappa shape index (κ1) is 16.4. The van der Waals surface area contributed by atoms with Gasteiger partial charge in [-0.1, -0.05) is 20.3 Å². The monoisotopic (exact) mass is 317 g/mol. The third-order valence-corrected chi connectivity index (χ3v) is 5.62. The van der Waals surface area contributed by atoms with Crippen LogP contribution in [0.15, 0.2) is 4.42 Å². The zero-order chi connectivity index (χ0) is 15.5. The number of hydrogen-bond acceptors (Lipinski definition) is 6. The molecule has 0 saturated carbocycles. The lowest BCUT2D eigenvalue weighted by molar-refractivity contribution is -0.0177. The molecule has 7 nitrogen and oxygen atoms in total. The van der Waals surface area contributed by atoms with Gasteiger partial charge in [0.25, 0.3) is 0 Å². The van der Waals surface area contributed by atoms with Gasteiger partial charge in [-0.15, -0.1) is 10.2 Å². The minimum atomic E-state index is -3.28. The molecule has 2 atom stereocenters.